The Morgan fingerprint density at radius 1 is 1.45 bits per heavy atom. The number of nitrogens with two attached hydrogens (primary N) is 1. The third-order valence-electron chi connectivity index (χ3n) is 3.38. The predicted octanol–water partition coefficient (Wildman–Crippen LogP) is -0.0301. The Labute approximate surface area is 116 Å². The van der Waals surface area contributed by atoms with Crippen LogP contribution in [0, 0.1) is 5.92 Å². The first kappa shape index (κ1) is 14.8. The maximum atomic E-state index is 12.4. The summed E-state index contributed by atoms with van der Waals surface area (Å²) in [5.74, 6) is -1.23. The number of sulfonamides is 1. The van der Waals surface area contributed by atoms with E-state index in [1.807, 2.05) is 0 Å². The summed E-state index contributed by atoms with van der Waals surface area (Å²) in [6, 6.07) is 3.56. The van der Waals surface area contributed by atoms with Crippen LogP contribution in [-0.2, 0) is 10.0 Å². The van der Waals surface area contributed by atoms with Gasteiger partial charge in [0.25, 0.3) is 0 Å². The lowest BCUT2D eigenvalue weighted by Gasteiger charge is -2.17. The van der Waals surface area contributed by atoms with Gasteiger partial charge in [0.2, 0.25) is 10.0 Å². The van der Waals surface area contributed by atoms with E-state index in [0.29, 0.717) is 13.0 Å². The fourth-order valence-corrected chi connectivity index (χ4v) is 3.85. The standard InChI is InChI=1S/C12H16N2O5S/c13-10-5-9(12(16)17)1-2-11(10)20(18,19)14-4-3-8(6-14)7-15/h1-2,5,8,15H,3-4,6-7,13H2,(H,16,17). The number of carbonyl (C=O) groups is 1. The van der Waals surface area contributed by atoms with Crippen LogP contribution in [0.1, 0.15) is 16.8 Å². The molecule has 1 aliphatic heterocycles. The summed E-state index contributed by atoms with van der Waals surface area (Å²) >= 11 is 0. The number of aliphatic hydroxyl groups is 1. The molecule has 1 aliphatic rings. The number of aromatic carboxylic acids is 1. The van der Waals surface area contributed by atoms with E-state index in [2.05, 4.69) is 0 Å². The molecule has 0 radical (unpaired) electrons. The average Bonchev–Trinajstić information content (AvgIpc) is 2.87. The number of rotatable bonds is 4. The van der Waals surface area contributed by atoms with Crippen molar-refractivity contribution >= 4 is 21.7 Å². The van der Waals surface area contributed by atoms with Crippen molar-refractivity contribution in [2.45, 2.75) is 11.3 Å². The number of nitrogen functional groups attached to an aromatic ring is 1. The minimum Gasteiger partial charge on any atom is -0.478 e. The lowest BCUT2D eigenvalue weighted by atomic mass is 10.1. The second-order valence-corrected chi connectivity index (χ2v) is 6.66. The Morgan fingerprint density at radius 3 is 2.65 bits per heavy atom. The van der Waals surface area contributed by atoms with Crippen LogP contribution in [0.3, 0.4) is 0 Å². The van der Waals surface area contributed by atoms with Gasteiger partial charge >= 0.3 is 5.97 Å². The van der Waals surface area contributed by atoms with Crippen molar-refractivity contribution < 1.29 is 23.4 Å². The zero-order chi connectivity index (χ0) is 14.9. The Hall–Kier alpha value is -1.64. The molecule has 1 aromatic carbocycles. The summed E-state index contributed by atoms with van der Waals surface area (Å²) in [4.78, 5) is 10.7. The molecule has 1 aromatic rings. The summed E-state index contributed by atoms with van der Waals surface area (Å²) < 4.78 is 26.1. The van der Waals surface area contributed by atoms with E-state index in [-0.39, 0.29) is 35.2 Å². The summed E-state index contributed by atoms with van der Waals surface area (Å²) in [5.41, 5.74) is 5.52. The molecule has 110 valence electrons. The number of carboxylic acid groups (broad SMARTS) is 1. The minimum absolute atomic E-state index is 0.0561. The van der Waals surface area contributed by atoms with Crippen LogP contribution in [0.4, 0.5) is 5.69 Å². The molecular weight excluding hydrogens is 284 g/mol. The minimum atomic E-state index is -3.75. The van der Waals surface area contributed by atoms with Gasteiger partial charge in [0.1, 0.15) is 4.90 Å². The molecule has 1 atom stereocenters. The quantitative estimate of drug-likeness (QED) is 0.671. The van der Waals surface area contributed by atoms with Gasteiger partial charge in [-0.3, -0.25) is 0 Å². The smallest absolute Gasteiger partial charge is 0.335 e. The van der Waals surface area contributed by atoms with Crippen LogP contribution in [-0.4, -0.2) is 48.6 Å². The molecule has 0 aromatic heterocycles. The molecule has 8 heteroatoms. The molecule has 0 bridgehead atoms. The molecule has 2 rings (SSSR count). The van der Waals surface area contributed by atoms with Gasteiger partial charge in [-0.15, -0.1) is 0 Å². The van der Waals surface area contributed by atoms with E-state index in [4.69, 9.17) is 15.9 Å². The number of hydrogen-bond acceptors (Lipinski definition) is 5. The van der Waals surface area contributed by atoms with Crippen molar-refractivity contribution in [1.82, 2.24) is 4.31 Å². The number of anilines is 1. The number of hydrogen-bond donors (Lipinski definition) is 3. The van der Waals surface area contributed by atoms with Crippen molar-refractivity contribution in [2.75, 3.05) is 25.4 Å². The van der Waals surface area contributed by atoms with Gasteiger partial charge in [0, 0.05) is 19.7 Å². The zero-order valence-electron chi connectivity index (χ0n) is 10.7. The molecule has 20 heavy (non-hydrogen) atoms. The van der Waals surface area contributed by atoms with Gasteiger partial charge in [0.15, 0.2) is 0 Å². The molecule has 1 heterocycles. The van der Waals surface area contributed by atoms with Crippen LogP contribution >= 0.6 is 0 Å². The lowest BCUT2D eigenvalue weighted by molar-refractivity contribution is 0.0697. The summed E-state index contributed by atoms with van der Waals surface area (Å²) in [5, 5.41) is 17.9. The van der Waals surface area contributed by atoms with Crippen LogP contribution in [0.5, 0.6) is 0 Å². The Bertz CT molecular complexity index is 629. The molecule has 7 nitrogen and oxygen atoms in total. The van der Waals surface area contributed by atoms with Crippen LogP contribution in [0.2, 0.25) is 0 Å². The highest BCUT2D eigenvalue weighted by Gasteiger charge is 2.33. The van der Waals surface area contributed by atoms with Crippen molar-refractivity contribution in [3.05, 3.63) is 23.8 Å². The Kier molecular flexibility index (Phi) is 3.98. The first-order valence-corrected chi connectivity index (χ1v) is 7.54. The largest absolute Gasteiger partial charge is 0.478 e. The molecule has 0 saturated carbocycles. The number of nitrogens with zero attached hydrogens (tertiary/aromatic N) is 1. The van der Waals surface area contributed by atoms with Gasteiger partial charge < -0.3 is 15.9 Å². The van der Waals surface area contributed by atoms with Gasteiger partial charge in [-0.05, 0) is 30.5 Å². The molecule has 4 N–H and O–H groups in total. The van der Waals surface area contributed by atoms with Crippen molar-refractivity contribution in [3.63, 3.8) is 0 Å². The fourth-order valence-electron chi connectivity index (χ4n) is 2.22. The summed E-state index contributed by atoms with van der Waals surface area (Å²) in [6.45, 7) is 0.520. The van der Waals surface area contributed by atoms with E-state index in [9.17, 15) is 13.2 Å². The fraction of sp³-hybridized carbons (Fsp3) is 0.417. The summed E-state index contributed by atoms with van der Waals surface area (Å²) in [6.07, 6.45) is 0.600. The van der Waals surface area contributed by atoms with Gasteiger partial charge in [-0.2, -0.15) is 4.31 Å². The van der Waals surface area contributed by atoms with Gasteiger partial charge in [-0.25, -0.2) is 13.2 Å². The average molecular weight is 300 g/mol. The highest BCUT2D eigenvalue weighted by atomic mass is 32.2. The normalized spacial score (nSPS) is 20.1. The molecule has 1 unspecified atom stereocenters. The van der Waals surface area contributed by atoms with Gasteiger partial charge in [0.05, 0.1) is 11.3 Å². The topological polar surface area (TPSA) is 121 Å². The van der Waals surface area contributed by atoms with Crippen LogP contribution in [0.15, 0.2) is 23.1 Å². The monoisotopic (exact) mass is 300 g/mol. The number of carboxylic acids is 1. The molecule has 0 amide bonds. The van der Waals surface area contributed by atoms with E-state index in [1.54, 1.807) is 0 Å². The van der Waals surface area contributed by atoms with E-state index < -0.39 is 16.0 Å². The van der Waals surface area contributed by atoms with Crippen molar-refractivity contribution in [1.29, 1.82) is 0 Å². The molecule has 0 aliphatic carbocycles. The Balaban J connectivity index is 2.33. The van der Waals surface area contributed by atoms with Crippen LogP contribution in [0.25, 0.3) is 0 Å². The summed E-state index contributed by atoms with van der Waals surface area (Å²) in [7, 11) is -3.75. The van der Waals surface area contributed by atoms with E-state index in [1.165, 1.54) is 16.4 Å². The predicted molar refractivity (Wildman–Crippen MR) is 71.8 cm³/mol. The van der Waals surface area contributed by atoms with Crippen LogP contribution < -0.4 is 5.73 Å². The maximum absolute atomic E-state index is 12.4. The second-order valence-electron chi connectivity index (χ2n) is 4.76. The SMILES string of the molecule is Nc1cc(C(=O)O)ccc1S(=O)(=O)N1CCC(CO)C1. The highest BCUT2D eigenvalue weighted by Crippen LogP contribution is 2.28. The maximum Gasteiger partial charge on any atom is 0.335 e. The third-order valence-corrected chi connectivity index (χ3v) is 5.32. The zero-order valence-corrected chi connectivity index (χ0v) is 11.5. The van der Waals surface area contributed by atoms with Crippen molar-refractivity contribution in [3.8, 4) is 0 Å². The molecule has 1 fully saturated rings. The first-order valence-electron chi connectivity index (χ1n) is 6.10. The van der Waals surface area contributed by atoms with Gasteiger partial charge in [-0.1, -0.05) is 0 Å². The highest BCUT2D eigenvalue weighted by molar-refractivity contribution is 7.89. The number of aliphatic hydroxyl groups excluding tert-OH is 1. The third kappa shape index (κ3) is 2.62. The lowest BCUT2D eigenvalue weighted by Crippen LogP contribution is -2.30. The van der Waals surface area contributed by atoms with Crippen molar-refractivity contribution in [2.24, 2.45) is 5.92 Å². The first-order chi connectivity index (χ1) is 9.36. The molecule has 1 saturated heterocycles. The Morgan fingerprint density at radius 2 is 2.15 bits per heavy atom. The number of benzene rings is 1. The molecular formula is C12H16N2O5S. The second kappa shape index (κ2) is 5.39. The molecule has 0 spiro atoms. The van der Waals surface area contributed by atoms with E-state index in [0.717, 1.165) is 6.07 Å². The van der Waals surface area contributed by atoms with E-state index >= 15 is 0 Å².